The number of fused-ring (bicyclic) bond motifs is 2. The summed E-state index contributed by atoms with van der Waals surface area (Å²) in [6.45, 7) is 7.69. The molecule has 0 aliphatic heterocycles. The molecule has 0 radical (unpaired) electrons. The lowest BCUT2D eigenvalue weighted by atomic mass is 10.1. The summed E-state index contributed by atoms with van der Waals surface area (Å²) in [5.41, 5.74) is 5.84. The molecule has 10 nitrogen and oxygen atoms in total. The number of primary amides is 1. The first kappa shape index (κ1) is 27.0. The number of hydrogen-bond acceptors (Lipinski definition) is 8. The molecule has 206 valence electrons. The number of nitriles is 1. The fourth-order valence-electron chi connectivity index (χ4n) is 4.65. The first-order chi connectivity index (χ1) is 19.4. The van der Waals surface area contributed by atoms with Crippen molar-refractivity contribution in [3.8, 4) is 23.3 Å². The number of pyridine rings is 1. The van der Waals surface area contributed by atoms with E-state index >= 15 is 0 Å². The number of nitrogens with two attached hydrogens (primary N) is 1. The minimum atomic E-state index is -1.20. The van der Waals surface area contributed by atoms with Crippen molar-refractivity contribution in [2.75, 3.05) is 26.2 Å². The Morgan fingerprint density at radius 2 is 1.93 bits per heavy atom. The average Bonchev–Trinajstić information content (AvgIpc) is 3.62. The van der Waals surface area contributed by atoms with Gasteiger partial charge in [-0.3, -0.25) is 14.3 Å². The van der Waals surface area contributed by atoms with E-state index in [1.165, 1.54) is 4.57 Å². The van der Waals surface area contributed by atoms with Gasteiger partial charge in [0.25, 0.3) is 5.91 Å². The lowest BCUT2D eigenvalue weighted by molar-refractivity contribution is -0.128. The Bertz CT molecular complexity index is 1610. The van der Waals surface area contributed by atoms with Gasteiger partial charge in [-0.1, -0.05) is 13.8 Å². The normalized spacial score (nSPS) is 13.8. The van der Waals surface area contributed by atoms with Crippen LogP contribution in [0.25, 0.3) is 21.8 Å². The predicted molar refractivity (Wildman–Crippen MR) is 149 cm³/mol. The third-order valence-corrected chi connectivity index (χ3v) is 7.22. The Morgan fingerprint density at radius 1 is 1.12 bits per heavy atom. The number of hydrogen-bond donors (Lipinski definition) is 1. The zero-order valence-corrected chi connectivity index (χ0v) is 22.6. The maximum atomic E-state index is 12.7. The molecule has 2 heterocycles. The second kappa shape index (κ2) is 11.2. The molecule has 40 heavy (non-hydrogen) atoms. The minimum Gasteiger partial charge on any atom is -0.492 e. The van der Waals surface area contributed by atoms with Gasteiger partial charge in [-0.15, -0.1) is 0 Å². The van der Waals surface area contributed by atoms with Gasteiger partial charge >= 0.3 is 6.09 Å². The van der Waals surface area contributed by atoms with E-state index in [1.807, 2.05) is 0 Å². The van der Waals surface area contributed by atoms with E-state index in [4.69, 9.17) is 19.9 Å². The Kier molecular flexibility index (Phi) is 7.58. The van der Waals surface area contributed by atoms with E-state index in [2.05, 4.69) is 29.8 Å². The molecule has 1 aliphatic rings. The fraction of sp³-hybridized carbons (Fsp3) is 0.333. The largest absolute Gasteiger partial charge is 0.492 e. The molecule has 10 heteroatoms. The summed E-state index contributed by atoms with van der Waals surface area (Å²) in [5.74, 6) is 0.936. The zero-order chi connectivity index (χ0) is 28.3. The quantitative estimate of drug-likeness (QED) is 0.263. The van der Waals surface area contributed by atoms with Crippen molar-refractivity contribution >= 4 is 33.8 Å². The van der Waals surface area contributed by atoms with Gasteiger partial charge in [-0.05, 0) is 55.9 Å². The van der Waals surface area contributed by atoms with Crippen LogP contribution in [0.4, 0.5) is 4.79 Å². The van der Waals surface area contributed by atoms with Crippen molar-refractivity contribution in [3.63, 3.8) is 0 Å². The fourth-order valence-corrected chi connectivity index (χ4v) is 4.65. The molecule has 1 saturated carbocycles. The number of aromatic nitrogens is 2. The second-order valence-corrected chi connectivity index (χ2v) is 9.75. The van der Waals surface area contributed by atoms with Gasteiger partial charge in [0.05, 0.1) is 23.2 Å². The Labute approximate surface area is 231 Å². The van der Waals surface area contributed by atoms with Crippen LogP contribution in [-0.4, -0.2) is 58.3 Å². The van der Waals surface area contributed by atoms with Crippen LogP contribution in [0.3, 0.4) is 0 Å². The molecule has 0 spiro atoms. The molecule has 2 aromatic heterocycles. The van der Waals surface area contributed by atoms with Gasteiger partial charge in [-0.2, -0.15) is 5.26 Å². The molecule has 1 amide bonds. The molecule has 2 N–H and O–H groups in total. The highest BCUT2D eigenvalue weighted by atomic mass is 16.6. The van der Waals surface area contributed by atoms with E-state index in [0.717, 1.165) is 31.4 Å². The van der Waals surface area contributed by atoms with Gasteiger partial charge < -0.3 is 24.8 Å². The molecule has 0 unspecified atom stereocenters. The predicted octanol–water partition coefficient (Wildman–Crippen LogP) is 4.97. The lowest BCUT2D eigenvalue weighted by Crippen LogP contribution is -2.36. The van der Waals surface area contributed by atoms with E-state index < -0.39 is 17.6 Å². The molecule has 5 rings (SSSR count). The molecule has 2 aromatic carbocycles. The van der Waals surface area contributed by atoms with Gasteiger partial charge in [0.15, 0.2) is 5.60 Å². The van der Waals surface area contributed by atoms with Gasteiger partial charge in [0.1, 0.15) is 23.3 Å². The number of rotatable bonds is 11. The summed E-state index contributed by atoms with van der Waals surface area (Å²) in [5, 5.41) is 11.2. The molecular weight excluding hydrogens is 510 g/mol. The van der Waals surface area contributed by atoms with E-state index in [9.17, 15) is 14.9 Å². The van der Waals surface area contributed by atoms with E-state index in [0.29, 0.717) is 58.7 Å². The number of amides is 1. The summed E-state index contributed by atoms with van der Waals surface area (Å²) in [7, 11) is 0. The van der Waals surface area contributed by atoms with Gasteiger partial charge in [0, 0.05) is 48.6 Å². The average molecular weight is 542 g/mol. The second-order valence-electron chi connectivity index (χ2n) is 9.75. The molecule has 4 aromatic rings. The van der Waals surface area contributed by atoms with E-state index in [-0.39, 0.29) is 0 Å². The van der Waals surface area contributed by atoms with Crippen molar-refractivity contribution in [2.45, 2.75) is 38.7 Å². The van der Waals surface area contributed by atoms with E-state index in [1.54, 1.807) is 54.9 Å². The van der Waals surface area contributed by atoms with Crippen LogP contribution in [0.15, 0.2) is 54.9 Å². The van der Waals surface area contributed by atoms with Gasteiger partial charge in [0.2, 0.25) is 0 Å². The maximum Gasteiger partial charge on any atom is 0.419 e. The third-order valence-electron chi connectivity index (χ3n) is 7.22. The Hall–Kier alpha value is -4.62. The number of nitrogens with zero attached hydrogens (tertiary/aromatic N) is 4. The number of benzene rings is 2. The lowest BCUT2D eigenvalue weighted by Gasteiger charge is -2.18. The standard InChI is InChI=1S/C30H31N5O5/c1-3-34(4-2)13-5-15-38-27-18-24-23(17-21(27)19-31)26(8-12-33-24)39-22-6-7-25-20(16-22)9-14-35(25)29(37)40-30(10-11-30)28(32)36/h6-9,12,14,16-18H,3-5,10-11,13,15H2,1-2H3,(H2,32,36). The van der Waals surface area contributed by atoms with Crippen molar-refractivity contribution < 1.29 is 23.8 Å². The Morgan fingerprint density at radius 3 is 2.62 bits per heavy atom. The van der Waals surface area contributed by atoms with Crippen molar-refractivity contribution in [3.05, 3.63) is 60.4 Å². The summed E-state index contributed by atoms with van der Waals surface area (Å²) in [6.07, 6.45) is 4.29. The molecule has 1 fully saturated rings. The first-order valence-corrected chi connectivity index (χ1v) is 13.4. The summed E-state index contributed by atoms with van der Waals surface area (Å²) in [6, 6.07) is 14.5. The molecule has 0 bridgehead atoms. The topological polar surface area (TPSA) is 133 Å². The number of carbonyl (C=O) groups is 2. The van der Waals surface area contributed by atoms with Crippen LogP contribution >= 0.6 is 0 Å². The van der Waals surface area contributed by atoms with Crippen LogP contribution < -0.4 is 15.2 Å². The molecule has 1 aliphatic carbocycles. The number of carbonyl (C=O) groups excluding carboxylic acids is 2. The zero-order valence-electron chi connectivity index (χ0n) is 22.6. The van der Waals surface area contributed by atoms with Crippen LogP contribution in [-0.2, 0) is 9.53 Å². The molecule has 0 atom stereocenters. The highest BCUT2D eigenvalue weighted by Crippen LogP contribution is 2.40. The monoisotopic (exact) mass is 541 g/mol. The SMILES string of the molecule is CCN(CC)CCCOc1cc2nccc(Oc3ccc4c(ccn4C(=O)OC4(C(N)=O)CC4)c3)c2cc1C#N. The summed E-state index contributed by atoms with van der Waals surface area (Å²) in [4.78, 5) is 31.1. The number of ether oxygens (including phenoxy) is 3. The van der Waals surface area contributed by atoms with Crippen LogP contribution in [0, 0.1) is 11.3 Å². The first-order valence-electron chi connectivity index (χ1n) is 13.4. The third kappa shape index (κ3) is 5.42. The Balaban J connectivity index is 1.33. The maximum absolute atomic E-state index is 12.7. The minimum absolute atomic E-state index is 0.406. The summed E-state index contributed by atoms with van der Waals surface area (Å²) < 4.78 is 18.9. The van der Waals surface area contributed by atoms with Gasteiger partial charge in [-0.25, -0.2) is 4.79 Å². The smallest absolute Gasteiger partial charge is 0.419 e. The highest BCUT2D eigenvalue weighted by Gasteiger charge is 2.53. The van der Waals surface area contributed by atoms with Crippen molar-refractivity contribution in [2.24, 2.45) is 5.73 Å². The van der Waals surface area contributed by atoms with Crippen LogP contribution in [0.2, 0.25) is 0 Å². The molecule has 0 saturated heterocycles. The van der Waals surface area contributed by atoms with Crippen molar-refractivity contribution in [1.82, 2.24) is 14.5 Å². The van der Waals surface area contributed by atoms with Crippen LogP contribution in [0.5, 0.6) is 17.2 Å². The highest BCUT2D eigenvalue weighted by molar-refractivity contribution is 5.94. The van der Waals surface area contributed by atoms with Crippen molar-refractivity contribution in [1.29, 1.82) is 5.26 Å². The van der Waals surface area contributed by atoms with Crippen LogP contribution in [0.1, 0.15) is 38.7 Å². The molecular formula is C30H31N5O5. The summed E-state index contributed by atoms with van der Waals surface area (Å²) >= 11 is 0.